The molecule has 0 radical (unpaired) electrons. The average Bonchev–Trinajstić information content (AvgIpc) is 2.80. The van der Waals surface area contributed by atoms with Crippen LogP contribution in [0, 0.1) is 6.92 Å². The van der Waals surface area contributed by atoms with Gasteiger partial charge in [0.2, 0.25) is 0 Å². The molecule has 5 nitrogen and oxygen atoms in total. The van der Waals surface area contributed by atoms with Gasteiger partial charge in [0.15, 0.2) is 9.84 Å². The van der Waals surface area contributed by atoms with Crippen LogP contribution < -0.4 is 0 Å². The number of nitrogens with zero attached hydrogens (tertiary/aromatic N) is 1. The molecular weight excluding hydrogens is 290 g/mol. The van der Waals surface area contributed by atoms with E-state index in [9.17, 15) is 13.5 Å². The summed E-state index contributed by atoms with van der Waals surface area (Å²) < 4.78 is 23.3. The maximum Gasteiger partial charge on any atom is 0.151 e. The van der Waals surface area contributed by atoms with Crippen LogP contribution in [0.3, 0.4) is 0 Å². The summed E-state index contributed by atoms with van der Waals surface area (Å²) in [5, 5.41) is 18.7. The van der Waals surface area contributed by atoms with Crippen LogP contribution in [0.1, 0.15) is 17.5 Å². The SMILES string of the molecule is Cc1ccc(CN(C[C@@H](O)CO)[C@@H]2CCS(=O)(=O)C2)cc1. The predicted molar refractivity (Wildman–Crippen MR) is 81.7 cm³/mol. The van der Waals surface area contributed by atoms with Gasteiger partial charge in [0.05, 0.1) is 24.2 Å². The molecule has 6 heteroatoms. The summed E-state index contributed by atoms with van der Waals surface area (Å²) in [6.07, 6.45) is -0.259. The second kappa shape index (κ2) is 6.87. The molecule has 0 aromatic heterocycles. The summed E-state index contributed by atoms with van der Waals surface area (Å²) in [4.78, 5) is 1.97. The number of benzene rings is 1. The molecule has 0 aliphatic carbocycles. The molecule has 0 unspecified atom stereocenters. The highest BCUT2D eigenvalue weighted by Gasteiger charge is 2.32. The molecule has 1 fully saturated rings. The fourth-order valence-corrected chi connectivity index (χ4v) is 4.42. The Labute approximate surface area is 126 Å². The van der Waals surface area contributed by atoms with Crippen LogP contribution >= 0.6 is 0 Å². The molecule has 1 aromatic carbocycles. The van der Waals surface area contributed by atoms with Crippen molar-refractivity contribution >= 4 is 9.84 Å². The first kappa shape index (κ1) is 16.4. The van der Waals surface area contributed by atoms with Crippen LogP contribution in [0.15, 0.2) is 24.3 Å². The number of sulfone groups is 1. The predicted octanol–water partition coefficient (Wildman–Crippen LogP) is 0.337. The molecule has 0 bridgehead atoms. The van der Waals surface area contributed by atoms with Crippen molar-refractivity contribution < 1.29 is 18.6 Å². The van der Waals surface area contributed by atoms with Crippen molar-refractivity contribution in [3.8, 4) is 0 Å². The Balaban J connectivity index is 2.10. The highest BCUT2D eigenvalue weighted by Crippen LogP contribution is 2.20. The minimum Gasteiger partial charge on any atom is -0.394 e. The van der Waals surface area contributed by atoms with Crippen molar-refractivity contribution in [2.75, 3.05) is 24.7 Å². The van der Waals surface area contributed by atoms with Crippen molar-refractivity contribution in [3.05, 3.63) is 35.4 Å². The molecule has 2 rings (SSSR count). The quantitative estimate of drug-likeness (QED) is 0.792. The molecule has 0 spiro atoms. The summed E-state index contributed by atoms with van der Waals surface area (Å²) in [6.45, 7) is 2.56. The van der Waals surface area contributed by atoms with Crippen LogP contribution in [-0.4, -0.2) is 60.3 Å². The summed E-state index contributed by atoms with van der Waals surface area (Å²) in [6, 6.07) is 7.97. The fraction of sp³-hybridized carbons (Fsp3) is 0.600. The van der Waals surface area contributed by atoms with Crippen molar-refractivity contribution in [2.24, 2.45) is 0 Å². The van der Waals surface area contributed by atoms with Crippen LogP contribution in [0.2, 0.25) is 0 Å². The van der Waals surface area contributed by atoms with Gasteiger partial charge in [-0.2, -0.15) is 0 Å². The highest BCUT2D eigenvalue weighted by atomic mass is 32.2. The molecule has 118 valence electrons. The van der Waals surface area contributed by atoms with Gasteiger partial charge in [0.25, 0.3) is 0 Å². The number of hydrogen-bond acceptors (Lipinski definition) is 5. The van der Waals surface area contributed by atoms with Gasteiger partial charge in [0, 0.05) is 19.1 Å². The first-order chi connectivity index (χ1) is 9.89. The molecule has 1 aliphatic heterocycles. The van der Waals surface area contributed by atoms with E-state index < -0.39 is 15.9 Å². The topological polar surface area (TPSA) is 77.8 Å². The molecule has 1 aliphatic rings. The number of aliphatic hydroxyl groups excluding tert-OH is 2. The van der Waals surface area contributed by atoms with Gasteiger partial charge in [-0.25, -0.2) is 8.42 Å². The third-order valence-electron chi connectivity index (χ3n) is 3.89. The highest BCUT2D eigenvalue weighted by molar-refractivity contribution is 7.91. The third-order valence-corrected chi connectivity index (χ3v) is 5.64. The second-order valence-electron chi connectivity index (χ2n) is 5.81. The van der Waals surface area contributed by atoms with Crippen LogP contribution in [0.4, 0.5) is 0 Å². The van der Waals surface area contributed by atoms with E-state index in [1.54, 1.807) is 0 Å². The Morgan fingerprint density at radius 1 is 1.33 bits per heavy atom. The van der Waals surface area contributed by atoms with E-state index >= 15 is 0 Å². The number of aliphatic hydroxyl groups is 2. The Morgan fingerprint density at radius 3 is 2.52 bits per heavy atom. The molecule has 2 atom stereocenters. The summed E-state index contributed by atoms with van der Waals surface area (Å²) >= 11 is 0. The maximum absolute atomic E-state index is 11.7. The van der Waals surface area contributed by atoms with E-state index in [1.165, 1.54) is 5.56 Å². The lowest BCUT2D eigenvalue weighted by atomic mass is 10.1. The Hall–Kier alpha value is -0.950. The molecule has 2 N–H and O–H groups in total. The van der Waals surface area contributed by atoms with E-state index in [1.807, 2.05) is 36.1 Å². The molecule has 1 aromatic rings. The number of aryl methyl sites for hydroxylation is 1. The van der Waals surface area contributed by atoms with Gasteiger partial charge in [-0.05, 0) is 18.9 Å². The first-order valence-electron chi connectivity index (χ1n) is 7.18. The Bertz CT molecular complexity index is 556. The molecule has 21 heavy (non-hydrogen) atoms. The summed E-state index contributed by atoms with van der Waals surface area (Å²) in [5.74, 6) is 0.342. The van der Waals surface area contributed by atoms with Gasteiger partial charge >= 0.3 is 0 Å². The van der Waals surface area contributed by atoms with E-state index in [0.29, 0.717) is 13.0 Å². The lowest BCUT2D eigenvalue weighted by molar-refractivity contribution is 0.0447. The van der Waals surface area contributed by atoms with E-state index in [-0.39, 0.29) is 30.7 Å². The van der Waals surface area contributed by atoms with Gasteiger partial charge in [0.1, 0.15) is 0 Å². The standard InChI is InChI=1S/C15H23NO4S/c1-12-2-4-13(5-3-12)8-16(9-15(18)10-17)14-6-7-21(19,20)11-14/h2-5,14-15,17-18H,6-11H2,1H3/t14-,15-/m1/s1. The molecule has 1 heterocycles. The number of hydrogen-bond donors (Lipinski definition) is 2. The van der Waals surface area contributed by atoms with Gasteiger partial charge in [-0.15, -0.1) is 0 Å². The van der Waals surface area contributed by atoms with E-state index in [2.05, 4.69) is 0 Å². The van der Waals surface area contributed by atoms with Crippen molar-refractivity contribution in [1.29, 1.82) is 0 Å². The van der Waals surface area contributed by atoms with Crippen molar-refractivity contribution in [2.45, 2.75) is 32.0 Å². The second-order valence-corrected chi connectivity index (χ2v) is 8.04. The molecule has 1 saturated heterocycles. The van der Waals surface area contributed by atoms with Crippen LogP contribution in [0.25, 0.3) is 0 Å². The Morgan fingerprint density at radius 2 is 2.00 bits per heavy atom. The first-order valence-corrected chi connectivity index (χ1v) is 9.01. The lowest BCUT2D eigenvalue weighted by Crippen LogP contribution is -2.41. The zero-order valence-corrected chi connectivity index (χ0v) is 13.1. The van der Waals surface area contributed by atoms with Gasteiger partial charge in [-0.1, -0.05) is 29.8 Å². The van der Waals surface area contributed by atoms with E-state index in [0.717, 1.165) is 5.56 Å². The van der Waals surface area contributed by atoms with Gasteiger partial charge < -0.3 is 10.2 Å². The minimum atomic E-state index is -2.97. The van der Waals surface area contributed by atoms with Crippen LogP contribution in [-0.2, 0) is 16.4 Å². The lowest BCUT2D eigenvalue weighted by Gasteiger charge is -2.29. The normalized spacial score (nSPS) is 22.6. The monoisotopic (exact) mass is 313 g/mol. The minimum absolute atomic E-state index is 0.0856. The molecular formula is C15H23NO4S. The zero-order valence-electron chi connectivity index (χ0n) is 12.3. The Kier molecular flexibility index (Phi) is 5.37. The number of rotatable bonds is 6. The molecule has 0 saturated carbocycles. The zero-order chi connectivity index (χ0) is 15.5. The average molecular weight is 313 g/mol. The largest absolute Gasteiger partial charge is 0.394 e. The van der Waals surface area contributed by atoms with Crippen LogP contribution in [0.5, 0.6) is 0 Å². The van der Waals surface area contributed by atoms with Crippen molar-refractivity contribution in [1.82, 2.24) is 4.90 Å². The summed E-state index contributed by atoms with van der Waals surface area (Å²) in [5.41, 5.74) is 2.25. The molecule has 0 amide bonds. The van der Waals surface area contributed by atoms with E-state index in [4.69, 9.17) is 5.11 Å². The smallest absolute Gasteiger partial charge is 0.151 e. The third kappa shape index (κ3) is 4.78. The van der Waals surface area contributed by atoms with Crippen molar-refractivity contribution in [3.63, 3.8) is 0 Å². The maximum atomic E-state index is 11.7. The fourth-order valence-electron chi connectivity index (χ4n) is 2.66. The van der Waals surface area contributed by atoms with Gasteiger partial charge in [-0.3, -0.25) is 4.90 Å². The summed E-state index contributed by atoms with van der Waals surface area (Å²) in [7, 11) is -2.97.